The van der Waals surface area contributed by atoms with Gasteiger partial charge in [-0.05, 0) is 59.7 Å². The van der Waals surface area contributed by atoms with Crippen LogP contribution in [-0.2, 0) is 5.54 Å². The number of rotatable bonds is 4. The average Bonchev–Trinajstić information content (AvgIpc) is 3.16. The first-order chi connectivity index (χ1) is 19.3. The van der Waals surface area contributed by atoms with Gasteiger partial charge in [0.1, 0.15) is 17.2 Å². The van der Waals surface area contributed by atoms with Crippen molar-refractivity contribution in [3.63, 3.8) is 0 Å². The minimum absolute atomic E-state index is 0.150. The Morgan fingerprint density at radius 2 is 1.02 bits per heavy atom. The maximum absolute atomic E-state index is 14.1. The van der Waals surface area contributed by atoms with Gasteiger partial charge in [-0.2, -0.15) is 0 Å². The first kappa shape index (κ1) is 26.6. The summed E-state index contributed by atoms with van der Waals surface area (Å²) in [5.41, 5.74) is -0.329. The van der Waals surface area contributed by atoms with Gasteiger partial charge in [0.05, 0.1) is 13.1 Å². The highest BCUT2D eigenvalue weighted by Gasteiger charge is 2.49. The number of amides is 3. The van der Waals surface area contributed by atoms with Crippen molar-refractivity contribution in [1.29, 1.82) is 0 Å². The highest BCUT2D eigenvalue weighted by Crippen LogP contribution is 2.40. The number of benzene rings is 4. The Morgan fingerprint density at radius 3 is 1.45 bits per heavy atom. The zero-order valence-corrected chi connectivity index (χ0v) is 21.3. The van der Waals surface area contributed by atoms with Crippen LogP contribution in [0, 0.1) is 11.6 Å². The number of carbonyl (C=O) groups is 3. The molecule has 4 aromatic rings. The average molecular weight is 542 g/mol. The molecule has 0 atom stereocenters. The maximum atomic E-state index is 14.1. The second kappa shape index (κ2) is 11.0. The molecule has 7 nitrogen and oxygen atoms in total. The molecule has 1 aliphatic heterocycles. The van der Waals surface area contributed by atoms with Gasteiger partial charge >= 0.3 is 6.09 Å². The van der Waals surface area contributed by atoms with E-state index in [0.29, 0.717) is 16.7 Å². The van der Waals surface area contributed by atoms with Gasteiger partial charge in [-0.15, -0.1) is 0 Å². The topological polar surface area (TPSA) is 81.2 Å². The van der Waals surface area contributed by atoms with Crippen LogP contribution < -0.4 is 0 Å². The largest absolute Gasteiger partial charge is 0.465 e. The van der Waals surface area contributed by atoms with E-state index < -0.39 is 35.1 Å². The molecule has 9 heteroatoms. The maximum Gasteiger partial charge on any atom is 0.408 e. The number of hydrazine groups is 1. The van der Waals surface area contributed by atoms with Crippen molar-refractivity contribution in [2.45, 2.75) is 5.54 Å². The molecule has 5 rings (SSSR count). The first-order valence-electron chi connectivity index (χ1n) is 12.6. The summed E-state index contributed by atoms with van der Waals surface area (Å²) in [4.78, 5) is 41.9. The Kier molecular flexibility index (Phi) is 7.29. The Morgan fingerprint density at radius 1 is 0.600 bits per heavy atom. The van der Waals surface area contributed by atoms with Crippen molar-refractivity contribution in [3.8, 4) is 0 Å². The number of hydrogen-bond donors (Lipinski definition) is 1. The molecule has 4 aromatic carbocycles. The third-order valence-electron chi connectivity index (χ3n) is 7.05. The van der Waals surface area contributed by atoms with Crippen molar-refractivity contribution in [2.75, 3.05) is 19.6 Å². The molecule has 202 valence electrons. The summed E-state index contributed by atoms with van der Waals surface area (Å²) in [5.74, 6) is -2.10. The number of nitrogens with zero attached hydrogens (tertiary/aromatic N) is 3. The summed E-state index contributed by atoms with van der Waals surface area (Å²) < 4.78 is 28.1. The second-order valence-corrected chi connectivity index (χ2v) is 9.33. The lowest BCUT2D eigenvalue weighted by atomic mass is 9.80. The van der Waals surface area contributed by atoms with Crippen LogP contribution in [0.25, 0.3) is 0 Å². The lowest BCUT2D eigenvalue weighted by Gasteiger charge is -2.44. The summed E-state index contributed by atoms with van der Waals surface area (Å²) in [6, 6.07) is 27.2. The van der Waals surface area contributed by atoms with Crippen molar-refractivity contribution < 1.29 is 28.3 Å². The fraction of sp³-hybridized carbons (Fsp3) is 0.129. The van der Waals surface area contributed by atoms with Gasteiger partial charge in [-0.1, -0.05) is 60.7 Å². The zero-order chi connectivity index (χ0) is 28.3. The van der Waals surface area contributed by atoms with E-state index in [4.69, 9.17) is 0 Å². The van der Waals surface area contributed by atoms with Crippen LogP contribution >= 0.6 is 0 Å². The van der Waals surface area contributed by atoms with Crippen molar-refractivity contribution >= 4 is 17.9 Å². The number of carboxylic acid groups (broad SMARTS) is 1. The van der Waals surface area contributed by atoms with Crippen molar-refractivity contribution in [3.05, 3.63) is 143 Å². The fourth-order valence-corrected chi connectivity index (χ4v) is 5.12. The summed E-state index contributed by atoms with van der Waals surface area (Å²) in [6.45, 7) is -0.688. The van der Waals surface area contributed by atoms with Gasteiger partial charge < -0.3 is 5.11 Å². The molecule has 0 bridgehead atoms. The summed E-state index contributed by atoms with van der Waals surface area (Å²) in [6.07, 6.45) is -1.32. The quantitative estimate of drug-likeness (QED) is 0.375. The monoisotopic (exact) mass is 541 g/mol. The molecule has 0 radical (unpaired) electrons. The van der Waals surface area contributed by atoms with Crippen LogP contribution in [0.1, 0.15) is 31.8 Å². The molecule has 1 aliphatic rings. The van der Waals surface area contributed by atoms with E-state index in [2.05, 4.69) is 0 Å². The minimum atomic E-state index is -1.62. The van der Waals surface area contributed by atoms with Gasteiger partial charge in [0.2, 0.25) is 0 Å². The van der Waals surface area contributed by atoms with E-state index in [-0.39, 0.29) is 25.2 Å². The van der Waals surface area contributed by atoms with E-state index >= 15 is 0 Å². The molecule has 1 fully saturated rings. The van der Waals surface area contributed by atoms with E-state index in [0.717, 1.165) is 4.90 Å². The van der Waals surface area contributed by atoms with Crippen LogP contribution in [-0.4, -0.2) is 57.6 Å². The SMILES string of the molecule is O=C(c1ccccc1)N1CCN(C(=O)O)C(c2ccc(F)cc2)(c2ccc(F)cc2)CN1C(=O)c1ccccc1. The molecule has 1 saturated heterocycles. The summed E-state index contributed by atoms with van der Waals surface area (Å²) >= 11 is 0. The van der Waals surface area contributed by atoms with E-state index in [1.54, 1.807) is 60.7 Å². The lowest BCUT2D eigenvalue weighted by molar-refractivity contribution is -0.00478. The molecule has 0 spiro atoms. The highest BCUT2D eigenvalue weighted by atomic mass is 19.1. The van der Waals surface area contributed by atoms with E-state index in [1.807, 2.05) is 0 Å². The van der Waals surface area contributed by atoms with Crippen molar-refractivity contribution in [2.24, 2.45) is 0 Å². The minimum Gasteiger partial charge on any atom is -0.465 e. The number of carbonyl (C=O) groups excluding carboxylic acids is 2. The molecular weight excluding hydrogens is 516 g/mol. The molecule has 40 heavy (non-hydrogen) atoms. The normalized spacial score (nSPS) is 14.9. The molecule has 0 unspecified atom stereocenters. The van der Waals surface area contributed by atoms with E-state index in [1.165, 1.54) is 58.5 Å². The lowest BCUT2D eigenvalue weighted by Crippen LogP contribution is -2.57. The van der Waals surface area contributed by atoms with Gasteiger partial charge in [-0.25, -0.2) is 23.6 Å². The van der Waals surface area contributed by atoms with Gasteiger partial charge in [0.25, 0.3) is 11.8 Å². The predicted molar refractivity (Wildman–Crippen MR) is 143 cm³/mol. The molecule has 0 aromatic heterocycles. The van der Waals surface area contributed by atoms with Crippen LogP contribution in [0.5, 0.6) is 0 Å². The van der Waals surface area contributed by atoms with Crippen LogP contribution in [0.3, 0.4) is 0 Å². The van der Waals surface area contributed by atoms with Crippen LogP contribution in [0.4, 0.5) is 13.6 Å². The van der Waals surface area contributed by atoms with Gasteiger partial charge in [0, 0.05) is 17.7 Å². The summed E-state index contributed by atoms with van der Waals surface area (Å²) in [7, 11) is 0. The Balaban J connectivity index is 1.75. The Bertz CT molecular complexity index is 1470. The number of halogens is 2. The molecule has 0 saturated carbocycles. The van der Waals surface area contributed by atoms with Crippen LogP contribution in [0.2, 0.25) is 0 Å². The Hall–Kier alpha value is -5.05. The molecular formula is C31H25F2N3O4. The molecule has 1 heterocycles. The van der Waals surface area contributed by atoms with Crippen LogP contribution in [0.15, 0.2) is 109 Å². The molecule has 1 N–H and O–H groups in total. The molecule has 3 amide bonds. The third kappa shape index (κ3) is 4.89. The van der Waals surface area contributed by atoms with Gasteiger partial charge in [0.15, 0.2) is 0 Å². The van der Waals surface area contributed by atoms with Crippen molar-refractivity contribution in [1.82, 2.24) is 14.9 Å². The molecule has 0 aliphatic carbocycles. The fourth-order valence-electron chi connectivity index (χ4n) is 5.12. The van der Waals surface area contributed by atoms with E-state index in [9.17, 15) is 28.3 Å². The predicted octanol–water partition coefficient (Wildman–Crippen LogP) is 5.40. The first-order valence-corrected chi connectivity index (χ1v) is 12.6. The smallest absolute Gasteiger partial charge is 0.408 e. The summed E-state index contributed by atoms with van der Waals surface area (Å²) in [5, 5.41) is 13.0. The highest BCUT2D eigenvalue weighted by molar-refractivity contribution is 5.99. The Labute approximate surface area is 229 Å². The standard InChI is InChI=1S/C31H25F2N3O4/c32-26-15-11-24(12-16-26)31(25-13-17-27(33)18-14-25)21-36(29(38)23-9-5-2-6-10-23)35(20-19-34(31)30(39)40)28(37)22-7-3-1-4-8-22/h1-18H,19-21H2,(H,39,40). The number of hydrogen-bond acceptors (Lipinski definition) is 3. The second-order valence-electron chi connectivity index (χ2n) is 9.33. The van der Waals surface area contributed by atoms with Gasteiger partial charge in [-0.3, -0.25) is 14.5 Å². The third-order valence-corrected chi connectivity index (χ3v) is 7.05. The zero-order valence-electron chi connectivity index (χ0n) is 21.3.